The normalized spacial score (nSPS) is 10.7. The highest BCUT2D eigenvalue weighted by molar-refractivity contribution is 8.01. The standard InChI is InChI=1S/C24H20P.C3H2N3O2/c1-5-13-21(14-6-1)25(22-15-7-2-8-16-22,23-17-9-3-10-18-23)24-19-11-4-12-20-24;7-6(8)3-1-4-2-5-3/h1-20H;1-2H/q+1;-1. The average Bonchev–Trinajstić information content (AvgIpc) is 3.44. The Kier molecular flexibility index (Phi) is 7.03. The maximum absolute atomic E-state index is 9.77. The summed E-state index contributed by atoms with van der Waals surface area (Å²) in [7, 11) is -1.91. The topological polar surface area (TPSA) is 70.1 Å². The third-order valence-electron chi connectivity index (χ3n) is 5.21. The Morgan fingerprint density at radius 3 is 1.15 bits per heavy atom. The number of hydrogen-bond donors (Lipinski definition) is 0. The molecule has 0 bridgehead atoms. The second kappa shape index (κ2) is 10.5. The summed E-state index contributed by atoms with van der Waals surface area (Å²) in [6.45, 7) is 0. The van der Waals surface area contributed by atoms with Gasteiger partial charge in [0, 0.05) is 0 Å². The van der Waals surface area contributed by atoms with Crippen molar-refractivity contribution < 1.29 is 4.92 Å². The van der Waals surface area contributed by atoms with Gasteiger partial charge in [0.2, 0.25) is 0 Å². The predicted octanol–water partition coefficient (Wildman–Crippen LogP) is 4.25. The van der Waals surface area contributed by atoms with Crippen LogP contribution < -0.4 is 26.2 Å². The number of rotatable bonds is 5. The lowest BCUT2D eigenvalue weighted by molar-refractivity contribution is -0.389. The number of aromatic nitrogens is 2. The molecular formula is C27H22N3O2P. The van der Waals surface area contributed by atoms with Crippen LogP contribution in [0.1, 0.15) is 0 Å². The summed E-state index contributed by atoms with van der Waals surface area (Å²) >= 11 is 0. The third kappa shape index (κ3) is 4.74. The molecule has 0 saturated carbocycles. The second-order valence-corrected chi connectivity index (χ2v) is 10.6. The number of hydrogen-bond acceptors (Lipinski definition) is 3. The SMILES string of the molecule is O=[N+]([O-])c1c[n-]cn1.c1ccc([P+](c2ccccc2)(c2ccccc2)c2ccccc2)cc1. The fourth-order valence-electron chi connectivity index (χ4n) is 3.82. The first kappa shape index (κ1) is 22.1. The van der Waals surface area contributed by atoms with Crippen molar-refractivity contribution in [3.8, 4) is 0 Å². The van der Waals surface area contributed by atoms with E-state index in [1.807, 2.05) is 0 Å². The Balaban J connectivity index is 0.000000275. The van der Waals surface area contributed by atoms with Gasteiger partial charge in [0.15, 0.2) is 5.82 Å². The molecule has 0 fully saturated rings. The van der Waals surface area contributed by atoms with Crippen molar-refractivity contribution in [1.82, 2.24) is 9.97 Å². The van der Waals surface area contributed by atoms with Gasteiger partial charge >= 0.3 is 0 Å². The Morgan fingerprint density at radius 2 is 0.939 bits per heavy atom. The van der Waals surface area contributed by atoms with E-state index in [0.717, 1.165) is 12.5 Å². The van der Waals surface area contributed by atoms with E-state index < -0.39 is 12.2 Å². The van der Waals surface area contributed by atoms with Gasteiger partial charge in [-0.05, 0) is 54.7 Å². The molecular weight excluding hydrogens is 429 g/mol. The van der Waals surface area contributed by atoms with Gasteiger partial charge in [-0.1, -0.05) is 84.0 Å². The van der Waals surface area contributed by atoms with E-state index in [1.165, 1.54) is 21.2 Å². The molecule has 0 atom stereocenters. The fourth-order valence-corrected chi connectivity index (χ4v) is 8.09. The predicted molar refractivity (Wildman–Crippen MR) is 135 cm³/mol. The zero-order valence-corrected chi connectivity index (χ0v) is 18.7. The molecule has 0 radical (unpaired) electrons. The molecule has 0 amide bonds. The molecule has 5 rings (SSSR count). The maximum atomic E-state index is 9.77. The molecule has 0 aliphatic rings. The highest BCUT2D eigenvalue weighted by atomic mass is 31.2. The van der Waals surface area contributed by atoms with E-state index >= 15 is 0 Å². The van der Waals surface area contributed by atoms with E-state index in [1.54, 1.807) is 0 Å². The van der Waals surface area contributed by atoms with Gasteiger partial charge in [-0.2, -0.15) is 0 Å². The van der Waals surface area contributed by atoms with Crippen molar-refractivity contribution >= 4 is 34.3 Å². The van der Waals surface area contributed by atoms with Crippen LogP contribution in [-0.4, -0.2) is 9.91 Å². The smallest absolute Gasteiger partial charge is 0.158 e. The van der Waals surface area contributed by atoms with E-state index in [0.29, 0.717) is 0 Å². The summed E-state index contributed by atoms with van der Waals surface area (Å²) < 4.78 is 0. The molecule has 5 nitrogen and oxygen atoms in total. The van der Waals surface area contributed by atoms with E-state index in [-0.39, 0.29) is 5.82 Å². The fraction of sp³-hybridized carbons (Fsp3) is 0. The monoisotopic (exact) mass is 451 g/mol. The Morgan fingerprint density at radius 1 is 0.606 bits per heavy atom. The quantitative estimate of drug-likeness (QED) is 0.228. The van der Waals surface area contributed by atoms with Crippen LogP contribution in [0.25, 0.3) is 0 Å². The lowest BCUT2D eigenvalue weighted by Crippen LogP contribution is -2.38. The largest absolute Gasteiger partial charge is 0.446 e. The van der Waals surface area contributed by atoms with Crippen LogP contribution in [0.4, 0.5) is 5.82 Å². The molecule has 0 spiro atoms. The number of benzene rings is 4. The molecule has 162 valence electrons. The minimum atomic E-state index is -1.91. The lowest BCUT2D eigenvalue weighted by Gasteiger charge is -2.27. The van der Waals surface area contributed by atoms with Crippen molar-refractivity contribution in [2.45, 2.75) is 0 Å². The van der Waals surface area contributed by atoms with Crippen molar-refractivity contribution in [2.24, 2.45) is 0 Å². The van der Waals surface area contributed by atoms with Crippen LogP contribution in [0.3, 0.4) is 0 Å². The van der Waals surface area contributed by atoms with Crippen molar-refractivity contribution in [3.05, 3.63) is 144 Å². The molecule has 1 aromatic heterocycles. The highest BCUT2D eigenvalue weighted by Crippen LogP contribution is 2.53. The molecule has 0 aliphatic carbocycles. The van der Waals surface area contributed by atoms with Crippen molar-refractivity contribution in [1.29, 1.82) is 0 Å². The summed E-state index contributed by atoms with van der Waals surface area (Å²) in [5.41, 5.74) is 0. The van der Waals surface area contributed by atoms with Crippen LogP contribution in [0.15, 0.2) is 134 Å². The molecule has 0 unspecified atom stereocenters. The van der Waals surface area contributed by atoms with Crippen LogP contribution in [-0.2, 0) is 0 Å². The van der Waals surface area contributed by atoms with Gasteiger partial charge in [0.1, 0.15) is 28.5 Å². The van der Waals surface area contributed by atoms with E-state index in [2.05, 4.69) is 131 Å². The molecule has 0 saturated heterocycles. The van der Waals surface area contributed by atoms with Crippen LogP contribution >= 0.6 is 7.26 Å². The average molecular weight is 451 g/mol. The first-order valence-corrected chi connectivity index (χ1v) is 12.2. The number of nitro groups is 1. The maximum Gasteiger partial charge on any atom is 0.158 e. The zero-order chi connectivity index (χ0) is 22.9. The molecule has 33 heavy (non-hydrogen) atoms. The summed E-state index contributed by atoms with van der Waals surface area (Å²) in [6, 6.07) is 43.8. The molecule has 4 aromatic carbocycles. The molecule has 0 N–H and O–H groups in total. The second-order valence-electron chi connectivity index (χ2n) is 7.15. The highest BCUT2D eigenvalue weighted by Gasteiger charge is 2.47. The molecule has 0 aliphatic heterocycles. The Bertz CT molecular complexity index is 1100. The minimum Gasteiger partial charge on any atom is -0.446 e. The third-order valence-corrected chi connectivity index (χ3v) is 9.50. The van der Waals surface area contributed by atoms with Crippen molar-refractivity contribution in [2.75, 3.05) is 0 Å². The first-order chi connectivity index (χ1) is 16.2. The van der Waals surface area contributed by atoms with E-state index in [9.17, 15) is 10.1 Å². The van der Waals surface area contributed by atoms with Gasteiger partial charge in [0.25, 0.3) is 0 Å². The van der Waals surface area contributed by atoms with Crippen LogP contribution in [0, 0.1) is 10.1 Å². The Labute approximate surface area is 193 Å². The first-order valence-electron chi connectivity index (χ1n) is 10.4. The minimum absolute atomic E-state index is 0.204. The lowest BCUT2D eigenvalue weighted by atomic mass is 10.3. The van der Waals surface area contributed by atoms with Crippen LogP contribution in [0.2, 0.25) is 0 Å². The molecule has 5 aromatic rings. The van der Waals surface area contributed by atoms with E-state index in [4.69, 9.17) is 0 Å². The summed E-state index contributed by atoms with van der Waals surface area (Å²) in [4.78, 5) is 15.9. The zero-order valence-electron chi connectivity index (χ0n) is 17.8. The van der Waals surface area contributed by atoms with Gasteiger partial charge in [-0.3, -0.25) is 0 Å². The molecule has 6 heteroatoms. The van der Waals surface area contributed by atoms with Gasteiger partial charge in [-0.25, -0.2) is 0 Å². The number of imidazole rings is 1. The van der Waals surface area contributed by atoms with Gasteiger partial charge < -0.3 is 20.1 Å². The summed E-state index contributed by atoms with van der Waals surface area (Å²) in [5.74, 6) is -0.204. The summed E-state index contributed by atoms with van der Waals surface area (Å²) in [6.07, 6.45) is 2.23. The number of nitrogens with zero attached hydrogens (tertiary/aromatic N) is 3. The Hall–Kier alpha value is -4.08. The van der Waals surface area contributed by atoms with Gasteiger partial charge in [-0.15, -0.1) is 0 Å². The molecule has 1 heterocycles. The van der Waals surface area contributed by atoms with Crippen LogP contribution in [0.5, 0.6) is 0 Å². The summed E-state index contributed by atoms with van der Waals surface area (Å²) in [5, 5.41) is 15.3. The van der Waals surface area contributed by atoms with Crippen molar-refractivity contribution in [3.63, 3.8) is 0 Å². The van der Waals surface area contributed by atoms with Gasteiger partial charge in [0.05, 0.1) is 0 Å².